The maximum absolute atomic E-state index is 11.9. The SMILES string of the molecule is CCOC(=O)CN(C)C(=O)COc1ccc(C(C)(C)C)cc1. The Balaban J connectivity index is 2.48. The zero-order chi connectivity index (χ0) is 16.8. The number of amides is 1. The van der Waals surface area contributed by atoms with Crippen molar-refractivity contribution < 1.29 is 19.1 Å². The van der Waals surface area contributed by atoms with Crippen LogP contribution in [-0.4, -0.2) is 43.6 Å². The van der Waals surface area contributed by atoms with E-state index in [1.54, 1.807) is 14.0 Å². The molecule has 5 nitrogen and oxygen atoms in total. The number of ether oxygens (including phenoxy) is 2. The van der Waals surface area contributed by atoms with E-state index < -0.39 is 5.97 Å². The van der Waals surface area contributed by atoms with Crippen molar-refractivity contribution in [2.75, 3.05) is 26.8 Å². The molecule has 0 fully saturated rings. The normalized spacial score (nSPS) is 11.0. The molecule has 0 bridgehead atoms. The van der Waals surface area contributed by atoms with Crippen molar-refractivity contribution in [3.8, 4) is 5.75 Å². The Labute approximate surface area is 132 Å². The van der Waals surface area contributed by atoms with E-state index >= 15 is 0 Å². The van der Waals surface area contributed by atoms with Gasteiger partial charge in [0.2, 0.25) is 0 Å². The number of hydrogen-bond donors (Lipinski definition) is 0. The quantitative estimate of drug-likeness (QED) is 0.757. The number of rotatable bonds is 6. The first-order chi connectivity index (χ1) is 10.2. The molecule has 22 heavy (non-hydrogen) atoms. The second-order valence-corrected chi connectivity index (χ2v) is 6.12. The number of esters is 1. The van der Waals surface area contributed by atoms with Crippen molar-refractivity contribution in [1.82, 2.24) is 4.90 Å². The van der Waals surface area contributed by atoms with Crippen LogP contribution in [0.25, 0.3) is 0 Å². The first-order valence-electron chi connectivity index (χ1n) is 7.37. The first-order valence-corrected chi connectivity index (χ1v) is 7.37. The molecule has 0 aliphatic carbocycles. The molecule has 1 aromatic carbocycles. The van der Waals surface area contributed by atoms with Gasteiger partial charge in [0.05, 0.1) is 6.61 Å². The fraction of sp³-hybridized carbons (Fsp3) is 0.529. The third-order valence-corrected chi connectivity index (χ3v) is 3.18. The largest absolute Gasteiger partial charge is 0.484 e. The smallest absolute Gasteiger partial charge is 0.325 e. The average Bonchev–Trinajstić information content (AvgIpc) is 2.44. The lowest BCUT2D eigenvalue weighted by Gasteiger charge is -2.19. The minimum atomic E-state index is -0.423. The van der Waals surface area contributed by atoms with Crippen molar-refractivity contribution in [3.05, 3.63) is 29.8 Å². The predicted molar refractivity (Wildman–Crippen MR) is 84.9 cm³/mol. The summed E-state index contributed by atoms with van der Waals surface area (Å²) in [5, 5.41) is 0. The van der Waals surface area contributed by atoms with Crippen LogP contribution < -0.4 is 4.74 Å². The van der Waals surface area contributed by atoms with Crippen molar-refractivity contribution >= 4 is 11.9 Å². The Hall–Kier alpha value is -2.04. The second-order valence-electron chi connectivity index (χ2n) is 6.12. The summed E-state index contributed by atoms with van der Waals surface area (Å²) in [6.07, 6.45) is 0. The molecule has 0 unspecified atom stereocenters. The predicted octanol–water partition coefficient (Wildman–Crippen LogP) is 2.38. The Kier molecular flexibility index (Phi) is 6.40. The highest BCUT2D eigenvalue weighted by atomic mass is 16.5. The number of carbonyl (C=O) groups is 2. The minimum Gasteiger partial charge on any atom is -0.484 e. The van der Waals surface area contributed by atoms with Crippen molar-refractivity contribution in [1.29, 1.82) is 0 Å². The Morgan fingerprint density at radius 3 is 2.23 bits per heavy atom. The summed E-state index contributed by atoms with van der Waals surface area (Å²) in [5.41, 5.74) is 1.28. The van der Waals surface area contributed by atoms with Crippen LogP contribution in [0.2, 0.25) is 0 Å². The van der Waals surface area contributed by atoms with E-state index in [-0.39, 0.29) is 24.5 Å². The van der Waals surface area contributed by atoms with Gasteiger partial charge in [-0.1, -0.05) is 32.9 Å². The van der Waals surface area contributed by atoms with Gasteiger partial charge >= 0.3 is 5.97 Å². The lowest BCUT2D eigenvalue weighted by atomic mass is 9.87. The maximum atomic E-state index is 11.9. The van der Waals surface area contributed by atoms with E-state index in [4.69, 9.17) is 9.47 Å². The van der Waals surface area contributed by atoms with Crippen molar-refractivity contribution in [2.45, 2.75) is 33.1 Å². The highest BCUT2D eigenvalue weighted by Crippen LogP contribution is 2.24. The summed E-state index contributed by atoms with van der Waals surface area (Å²) >= 11 is 0. The van der Waals surface area contributed by atoms with Crippen molar-refractivity contribution in [3.63, 3.8) is 0 Å². The molecule has 0 atom stereocenters. The van der Waals surface area contributed by atoms with Crippen LogP contribution in [0, 0.1) is 0 Å². The monoisotopic (exact) mass is 307 g/mol. The molecule has 0 radical (unpaired) electrons. The molecule has 122 valence electrons. The maximum Gasteiger partial charge on any atom is 0.325 e. The van der Waals surface area contributed by atoms with Crippen LogP contribution in [0.4, 0.5) is 0 Å². The van der Waals surface area contributed by atoms with Crippen LogP contribution in [0.1, 0.15) is 33.3 Å². The van der Waals surface area contributed by atoms with E-state index in [0.717, 1.165) is 0 Å². The fourth-order valence-electron chi connectivity index (χ4n) is 1.79. The van der Waals surface area contributed by atoms with Crippen LogP contribution >= 0.6 is 0 Å². The molecule has 0 spiro atoms. The van der Waals surface area contributed by atoms with Gasteiger partial charge in [0.15, 0.2) is 6.61 Å². The van der Waals surface area contributed by atoms with Gasteiger partial charge in [-0.25, -0.2) is 0 Å². The lowest BCUT2D eigenvalue weighted by Crippen LogP contribution is -2.36. The molecule has 0 saturated heterocycles. The third kappa shape index (κ3) is 5.76. The molecule has 1 aromatic rings. The van der Waals surface area contributed by atoms with Gasteiger partial charge in [0.1, 0.15) is 12.3 Å². The molecule has 1 amide bonds. The minimum absolute atomic E-state index is 0.0704. The number of hydrogen-bond acceptors (Lipinski definition) is 4. The summed E-state index contributed by atoms with van der Waals surface area (Å²) in [6, 6.07) is 7.67. The zero-order valence-corrected chi connectivity index (χ0v) is 14.0. The molecule has 0 aliphatic rings. The van der Waals surface area contributed by atoms with Gasteiger partial charge in [-0.05, 0) is 30.0 Å². The summed E-state index contributed by atoms with van der Waals surface area (Å²) in [4.78, 5) is 24.5. The number of benzene rings is 1. The Bertz CT molecular complexity index is 502. The van der Waals surface area contributed by atoms with Gasteiger partial charge in [-0.2, -0.15) is 0 Å². The molecule has 1 rings (SSSR count). The molecule has 0 saturated carbocycles. The molecule has 0 aliphatic heterocycles. The number of likely N-dealkylation sites (N-methyl/N-ethyl adjacent to an activating group) is 1. The summed E-state index contributed by atoms with van der Waals surface area (Å²) in [5.74, 6) is -0.0632. The van der Waals surface area contributed by atoms with E-state index in [0.29, 0.717) is 12.4 Å². The molecule has 0 N–H and O–H groups in total. The van der Waals surface area contributed by atoms with Crippen LogP contribution in [0.3, 0.4) is 0 Å². The van der Waals surface area contributed by atoms with Gasteiger partial charge in [0.25, 0.3) is 5.91 Å². The highest BCUT2D eigenvalue weighted by molar-refractivity contribution is 5.82. The standard InChI is InChI=1S/C17H25NO4/c1-6-21-16(20)11-18(5)15(19)12-22-14-9-7-13(8-10-14)17(2,3)4/h7-10H,6,11-12H2,1-5H3. The van der Waals surface area contributed by atoms with Crippen molar-refractivity contribution in [2.24, 2.45) is 0 Å². The second kappa shape index (κ2) is 7.82. The van der Waals surface area contributed by atoms with Gasteiger partial charge in [0, 0.05) is 7.05 Å². The highest BCUT2D eigenvalue weighted by Gasteiger charge is 2.15. The Morgan fingerprint density at radius 2 is 1.73 bits per heavy atom. The van der Waals surface area contributed by atoms with Crippen LogP contribution in [0.5, 0.6) is 5.75 Å². The van der Waals surface area contributed by atoms with E-state index in [1.165, 1.54) is 10.5 Å². The number of nitrogens with zero attached hydrogens (tertiary/aromatic N) is 1. The van der Waals surface area contributed by atoms with E-state index in [2.05, 4.69) is 20.8 Å². The van der Waals surface area contributed by atoms with Crippen LogP contribution in [-0.2, 0) is 19.7 Å². The molecular formula is C17H25NO4. The first kappa shape index (κ1) is 18.0. The van der Waals surface area contributed by atoms with Gasteiger partial charge in [-0.3, -0.25) is 9.59 Å². The summed E-state index contributed by atoms with van der Waals surface area (Å²) in [6.45, 7) is 8.26. The Morgan fingerprint density at radius 1 is 1.14 bits per heavy atom. The molecule has 0 aromatic heterocycles. The average molecular weight is 307 g/mol. The molecular weight excluding hydrogens is 282 g/mol. The molecule has 0 heterocycles. The van der Waals surface area contributed by atoms with E-state index in [9.17, 15) is 9.59 Å². The van der Waals surface area contributed by atoms with Crippen LogP contribution in [0.15, 0.2) is 24.3 Å². The van der Waals surface area contributed by atoms with Gasteiger partial charge < -0.3 is 14.4 Å². The zero-order valence-electron chi connectivity index (χ0n) is 14.0. The summed E-state index contributed by atoms with van der Waals surface area (Å²) < 4.78 is 10.3. The fourth-order valence-corrected chi connectivity index (χ4v) is 1.79. The molecule has 5 heteroatoms. The summed E-state index contributed by atoms with van der Waals surface area (Å²) in [7, 11) is 1.55. The number of carbonyl (C=O) groups excluding carboxylic acids is 2. The van der Waals surface area contributed by atoms with Gasteiger partial charge in [-0.15, -0.1) is 0 Å². The third-order valence-electron chi connectivity index (χ3n) is 3.18. The lowest BCUT2D eigenvalue weighted by molar-refractivity contribution is -0.148. The van der Waals surface area contributed by atoms with E-state index in [1.807, 2.05) is 24.3 Å². The topological polar surface area (TPSA) is 55.8 Å².